The first-order valence-electron chi connectivity index (χ1n) is 7.77. The summed E-state index contributed by atoms with van der Waals surface area (Å²) in [5.41, 5.74) is 2.57. The summed E-state index contributed by atoms with van der Waals surface area (Å²) in [6.45, 7) is 1.81. The van der Waals surface area contributed by atoms with Gasteiger partial charge in [0.1, 0.15) is 0 Å². The second kappa shape index (κ2) is 6.80. The summed E-state index contributed by atoms with van der Waals surface area (Å²) in [7, 11) is 1.74. The summed E-state index contributed by atoms with van der Waals surface area (Å²) in [4.78, 5) is 18.7. The topological polar surface area (TPSA) is 79.5 Å². The van der Waals surface area contributed by atoms with Crippen molar-refractivity contribution in [2.75, 3.05) is 13.7 Å². The van der Waals surface area contributed by atoms with Gasteiger partial charge in [-0.05, 0) is 25.0 Å². The molecule has 0 aliphatic rings. The van der Waals surface area contributed by atoms with Crippen molar-refractivity contribution in [3.63, 3.8) is 0 Å². The Morgan fingerprint density at radius 2 is 2.08 bits per heavy atom. The zero-order valence-electron chi connectivity index (χ0n) is 13.6. The van der Waals surface area contributed by atoms with Gasteiger partial charge in [0, 0.05) is 19.9 Å². The van der Waals surface area contributed by atoms with Crippen LogP contribution in [-0.4, -0.2) is 39.7 Å². The van der Waals surface area contributed by atoms with Crippen molar-refractivity contribution >= 4 is 17.0 Å². The van der Waals surface area contributed by atoms with E-state index in [1.807, 2.05) is 37.3 Å². The Balaban J connectivity index is 1.92. The van der Waals surface area contributed by atoms with Gasteiger partial charge < -0.3 is 14.5 Å². The van der Waals surface area contributed by atoms with E-state index in [1.165, 1.54) is 6.20 Å². The van der Waals surface area contributed by atoms with Crippen LogP contribution in [0.1, 0.15) is 34.1 Å². The second-order valence-electron chi connectivity index (χ2n) is 5.70. The quantitative estimate of drug-likeness (QED) is 0.780. The van der Waals surface area contributed by atoms with Gasteiger partial charge in [-0.1, -0.05) is 35.5 Å². The molecule has 0 aliphatic heterocycles. The minimum Gasteiger partial charge on any atom is -0.396 e. The van der Waals surface area contributed by atoms with Crippen LogP contribution in [0.15, 0.2) is 47.1 Å². The molecule has 2 heterocycles. The summed E-state index contributed by atoms with van der Waals surface area (Å²) in [5, 5.41) is 14.0. The van der Waals surface area contributed by atoms with E-state index in [-0.39, 0.29) is 18.6 Å². The minimum atomic E-state index is -0.206. The maximum absolute atomic E-state index is 12.9. The number of hydrogen-bond donors (Lipinski definition) is 1. The molecular weight excluding hydrogens is 306 g/mol. The lowest BCUT2D eigenvalue weighted by Crippen LogP contribution is -2.32. The highest BCUT2D eigenvalue weighted by molar-refractivity contribution is 5.97. The van der Waals surface area contributed by atoms with E-state index in [4.69, 9.17) is 4.52 Å². The number of aliphatic hydroxyl groups excluding tert-OH is 1. The van der Waals surface area contributed by atoms with Gasteiger partial charge in [-0.2, -0.15) is 0 Å². The highest BCUT2D eigenvalue weighted by Gasteiger charge is 2.23. The van der Waals surface area contributed by atoms with Crippen molar-refractivity contribution in [2.45, 2.75) is 19.4 Å². The standard InChI is InChI=1S/C18H19N3O3/c1-12-15-10-14(11-19-17(15)24-20-12)18(23)21(2)16(8-9-22)13-6-4-3-5-7-13/h3-7,10-11,16,22H,8-9H2,1-2H3. The Labute approximate surface area is 139 Å². The molecule has 6 heteroatoms. The van der Waals surface area contributed by atoms with Crippen LogP contribution in [0.5, 0.6) is 0 Å². The van der Waals surface area contributed by atoms with Crippen LogP contribution in [0.4, 0.5) is 0 Å². The van der Waals surface area contributed by atoms with Crippen molar-refractivity contribution < 1.29 is 14.4 Å². The van der Waals surface area contributed by atoms with Gasteiger partial charge in [-0.15, -0.1) is 0 Å². The number of rotatable bonds is 5. The number of hydrogen-bond acceptors (Lipinski definition) is 5. The van der Waals surface area contributed by atoms with E-state index in [0.29, 0.717) is 23.4 Å². The van der Waals surface area contributed by atoms with Crippen LogP contribution < -0.4 is 0 Å². The summed E-state index contributed by atoms with van der Waals surface area (Å²) in [6.07, 6.45) is 1.96. The molecule has 0 radical (unpaired) electrons. The number of carbonyl (C=O) groups is 1. The van der Waals surface area contributed by atoms with Crippen LogP contribution in [0.2, 0.25) is 0 Å². The first-order chi connectivity index (χ1) is 11.6. The molecule has 0 aliphatic carbocycles. The Morgan fingerprint density at radius 3 is 2.79 bits per heavy atom. The van der Waals surface area contributed by atoms with Gasteiger partial charge in [0.2, 0.25) is 0 Å². The fourth-order valence-corrected chi connectivity index (χ4v) is 2.79. The van der Waals surface area contributed by atoms with Gasteiger partial charge >= 0.3 is 0 Å². The average molecular weight is 325 g/mol. The normalized spacial score (nSPS) is 12.3. The maximum atomic E-state index is 12.9. The number of aromatic nitrogens is 2. The molecule has 3 aromatic rings. The zero-order chi connectivity index (χ0) is 17.1. The van der Waals surface area contributed by atoms with E-state index in [1.54, 1.807) is 18.0 Å². The van der Waals surface area contributed by atoms with E-state index in [0.717, 1.165) is 10.9 Å². The Kier molecular flexibility index (Phi) is 4.57. The number of benzene rings is 1. The first kappa shape index (κ1) is 16.1. The summed E-state index contributed by atoms with van der Waals surface area (Å²) >= 11 is 0. The third-order valence-corrected chi connectivity index (χ3v) is 4.13. The molecule has 0 bridgehead atoms. The molecule has 1 atom stereocenters. The van der Waals surface area contributed by atoms with Gasteiger partial charge in [0.15, 0.2) is 0 Å². The van der Waals surface area contributed by atoms with E-state index in [2.05, 4.69) is 10.1 Å². The number of nitrogens with zero attached hydrogens (tertiary/aromatic N) is 3. The molecule has 124 valence electrons. The van der Waals surface area contributed by atoms with Crippen LogP contribution in [0.3, 0.4) is 0 Å². The van der Waals surface area contributed by atoms with Gasteiger partial charge in [-0.25, -0.2) is 4.98 Å². The average Bonchev–Trinajstić information content (AvgIpc) is 2.99. The predicted octanol–water partition coefficient (Wildman–Crippen LogP) is 2.73. The second-order valence-corrected chi connectivity index (χ2v) is 5.70. The molecule has 0 saturated carbocycles. The van der Waals surface area contributed by atoms with Crippen molar-refractivity contribution in [3.8, 4) is 0 Å². The molecule has 1 amide bonds. The van der Waals surface area contributed by atoms with Crippen molar-refractivity contribution in [3.05, 3.63) is 59.4 Å². The SMILES string of the molecule is Cc1noc2ncc(C(=O)N(C)C(CCO)c3ccccc3)cc12. The number of pyridine rings is 1. The summed E-state index contributed by atoms with van der Waals surface area (Å²) in [5.74, 6) is -0.160. The molecule has 24 heavy (non-hydrogen) atoms. The van der Waals surface area contributed by atoms with Crippen molar-refractivity contribution in [1.29, 1.82) is 0 Å². The summed E-state index contributed by atoms with van der Waals surface area (Å²) < 4.78 is 5.08. The number of aryl methyl sites for hydroxylation is 1. The molecule has 3 rings (SSSR count). The molecular formula is C18H19N3O3. The Hall–Kier alpha value is -2.73. The zero-order valence-corrected chi connectivity index (χ0v) is 13.6. The highest BCUT2D eigenvalue weighted by Crippen LogP contribution is 2.25. The minimum absolute atomic E-state index is 0.000769. The van der Waals surface area contributed by atoms with Gasteiger partial charge in [0.05, 0.1) is 22.7 Å². The van der Waals surface area contributed by atoms with E-state index < -0.39 is 0 Å². The van der Waals surface area contributed by atoms with Crippen molar-refractivity contribution in [1.82, 2.24) is 15.0 Å². The lowest BCUT2D eigenvalue weighted by atomic mass is 10.0. The lowest BCUT2D eigenvalue weighted by Gasteiger charge is -2.28. The molecule has 2 aromatic heterocycles. The van der Waals surface area contributed by atoms with Crippen molar-refractivity contribution in [2.24, 2.45) is 0 Å². The van der Waals surface area contributed by atoms with Crippen LogP contribution in [0, 0.1) is 6.92 Å². The van der Waals surface area contributed by atoms with Crippen LogP contribution in [-0.2, 0) is 0 Å². The van der Waals surface area contributed by atoms with Crippen LogP contribution >= 0.6 is 0 Å². The largest absolute Gasteiger partial charge is 0.396 e. The molecule has 0 fully saturated rings. The number of aliphatic hydroxyl groups is 1. The van der Waals surface area contributed by atoms with E-state index in [9.17, 15) is 9.90 Å². The lowest BCUT2D eigenvalue weighted by molar-refractivity contribution is 0.0705. The third-order valence-electron chi connectivity index (χ3n) is 4.13. The molecule has 1 aromatic carbocycles. The molecule has 1 unspecified atom stereocenters. The number of fused-ring (bicyclic) bond motifs is 1. The molecule has 6 nitrogen and oxygen atoms in total. The molecule has 0 spiro atoms. The Bertz CT molecular complexity index is 845. The molecule has 0 saturated heterocycles. The van der Waals surface area contributed by atoms with Gasteiger partial charge in [0.25, 0.3) is 11.6 Å². The summed E-state index contributed by atoms with van der Waals surface area (Å²) in [6, 6.07) is 11.2. The monoisotopic (exact) mass is 325 g/mol. The predicted molar refractivity (Wildman–Crippen MR) is 89.5 cm³/mol. The number of amides is 1. The Morgan fingerprint density at radius 1 is 1.33 bits per heavy atom. The van der Waals surface area contributed by atoms with Gasteiger partial charge in [-0.3, -0.25) is 4.79 Å². The fourth-order valence-electron chi connectivity index (χ4n) is 2.79. The highest BCUT2D eigenvalue weighted by atomic mass is 16.5. The molecule has 1 N–H and O–H groups in total. The number of carbonyl (C=O) groups excluding carboxylic acids is 1. The fraction of sp³-hybridized carbons (Fsp3) is 0.278. The third kappa shape index (κ3) is 3.00. The van der Waals surface area contributed by atoms with Crippen LogP contribution in [0.25, 0.3) is 11.1 Å². The first-order valence-corrected chi connectivity index (χ1v) is 7.77. The smallest absolute Gasteiger partial charge is 0.257 e. The van der Waals surface area contributed by atoms with E-state index >= 15 is 0 Å². The maximum Gasteiger partial charge on any atom is 0.257 e.